The van der Waals surface area contributed by atoms with E-state index in [4.69, 9.17) is 16.7 Å². The minimum Gasteiger partial charge on any atom is -0.478 e. The van der Waals surface area contributed by atoms with Crippen molar-refractivity contribution in [1.82, 2.24) is 9.78 Å². The first kappa shape index (κ1) is 14.7. The molecule has 1 aromatic carbocycles. The molecule has 1 aromatic heterocycles. The second kappa shape index (κ2) is 5.76. The molecule has 2 aromatic rings. The van der Waals surface area contributed by atoms with Gasteiger partial charge >= 0.3 is 5.97 Å². The molecule has 0 amide bonds. The number of hydrogen-bond donors (Lipinski definition) is 1. The molecule has 108 valence electrons. The molecular formula is C13H10ClN3O4. The number of nitro groups is 1. The SMILES string of the molecule is Cc1nn(-c2ccc(C=CC(=O)O)cc2[N+](=O)[O-])cc1Cl. The van der Waals surface area contributed by atoms with E-state index in [-0.39, 0.29) is 11.4 Å². The zero-order valence-corrected chi connectivity index (χ0v) is 11.6. The lowest BCUT2D eigenvalue weighted by atomic mass is 10.1. The number of benzene rings is 1. The van der Waals surface area contributed by atoms with Crippen LogP contribution in [0.2, 0.25) is 5.02 Å². The maximum Gasteiger partial charge on any atom is 0.328 e. The highest BCUT2D eigenvalue weighted by Crippen LogP contribution is 2.26. The molecule has 1 heterocycles. The van der Waals surface area contributed by atoms with Gasteiger partial charge in [0.25, 0.3) is 5.69 Å². The number of aliphatic carboxylic acids is 1. The number of aromatic nitrogens is 2. The second-order valence-electron chi connectivity index (χ2n) is 4.18. The number of carboxylic acids is 1. The highest BCUT2D eigenvalue weighted by Gasteiger charge is 2.17. The fraction of sp³-hybridized carbons (Fsp3) is 0.0769. The van der Waals surface area contributed by atoms with Crippen LogP contribution in [0.15, 0.2) is 30.5 Å². The number of rotatable bonds is 4. The van der Waals surface area contributed by atoms with Gasteiger partial charge in [-0.05, 0) is 24.6 Å². The van der Waals surface area contributed by atoms with Gasteiger partial charge in [-0.25, -0.2) is 9.48 Å². The minimum atomic E-state index is -1.13. The molecule has 0 fully saturated rings. The van der Waals surface area contributed by atoms with Crippen LogP contribution in [0.4, 0.5) is 5.69 Å². The van der Waals surface area contributed by atoms with Gasteiger partial charge in [0.2, 0.25) is 0 Å². The van der Waals surface area contributed by atoms with Crippen molar-refractivity contribution in [3.05, 3.63) is 56.9 Å². The quantitative estimate of drug-likeness (QED) is 0.532. The largest absolute Gasteiger partial charge is 0.478 e. The summed E-state index contributed by atoms with van der Waals surface area (Å²) in [6, 6.07) is 4.33. The van der Waals surface area contributed by atoms with E-state index in [0.717, 1.165) is 6.08 Å². The molecule has 0 aliphatic rings. The van der Waals surface area contributed by atoms with Gasteiger partial charge in [-0.3, -0.25) is 10.1 Å². The second-order valence-corrected chi connectivity index (χ2v) is 4.59. The standard InChI is InChI=1S/C13H10ClN3O4/c1-8-10(14)7-16(15-8)11-4-2-9(3-5-13(18)19)6-12(11)17(20)21/h2-7H,1H3,(H,18,19). The third-order valence-corrected chi connectivity index (χ3v) is 3.07. The van der Waals surface area contributed by atoms with Crippen molar-refractivity contribution in [2.24, 2.45) is 0 Å². The average molecular weight is 308 g/mol. The van der Waals surface area contributed by atoms with Crippen LogP contribution < -0.4 is 0 Å². The van der Waals surface area contributed by atoms with E-state index in [1.54, 1.807) is 13.0 Å². The number of hydrogen-bond acceptors (Lipinski definition) is 4. The molecule has 7 nitrogen and oxygen atoms in total. The van der Waals surface area contributed by atoms with Crippen LogP contribution in [-0.2, 0) is 4.79 Å². The third kappa shape index (κ3) is 3.26. The summed E-state index contributed by atoms with van der Waals surface area (Å²) >= 11 is 5.90. The molecular weight excluding hydrogens is 298 g/mol. The molecule has 21 heavy (non-hydrogen) atoms. The molecule has 0 spiro atoms. The van der Waals surface area contributed by atoms with Crippen LogP contribution in [0.5, 0.6) is 0 Å². The Bertz CT molecular complexity index is 732. The first-order valence-corrected chi connectivity index (χ1v) is 6.18. The number of carboxylic acid groups (broad SMARTS) is 1. The summed E-state index contributed by atoms with van der Waals surface area (Å²) < 4.78 is 1.32. The van der Waals surface area contributed by atoms with E-state index in [0.29, 0.717) is 16.3 Å². The van der Waals surface area contributed by atoms with Gasteiger partial charge in [0.05, 0.1) is 15.6 Å². The molecule has 0 radical (unpaired) electrons. The van der Waals surface area contributed by atoms with Crippen LogP contribution >= 0.6 is 11.6 Å². The Labute approximate surface area is 124 Å². The Morgan fingerprint density at radius 2 is 2.24 bits per heavy atom. The predicted molar refractivity (Wildman–Crippen MR) is 76.6 cm³/mol. The summed E-state index contributed by atoms with van der Waals surface area (Å²) in [5.74, 6) is -1.13. The van der Waals surface area contributed by atoms with E-state index < -0.39 is 10.9 Å². The summed E-state index contributed by atoms with van der Waals surface area (Å²) in [5, 5.41) is 24.2. The number of halogens is 1. The van der Waals surface area contributed by atoms with E-state index in [9.17, 15) is 14.9 Å². The zero-order chi connectivity index (χ0) is 15.6. The van der Waals surface area contributed by atoms with E-state index in [1.807, 2.05) is 0 Å². The van der Waals surface area contributed by atoms with E-state index in [2.05, 4.69) is 5.10 Å². The van der Waals surface area contributed by atoms with Crippen molar-refractivity contribution in [3.8, 4) is 5.69 Å². The summed E-state index contributed by atoms with van der Waals surface area (Å²) in [6.07, 6.45) is 3.67. The molecule has 2 rings (SSSR count). The van der Waals surface area contributed by atoms with Crippen LogP contribution in [0.25, 0.3) is 11.8 Å². The summed E-state index contributed by atoms with van der Waals surface area (Å²) in [4.78, 5) is 21.1. The molecule has 0 atom stereocenters. The Hall–Kier alpha value is -2.67. The summed E-state index contributed by atoms with van der Waals surface area (Å²) in [6.45, 7) is 1.69. The number of aryl methyl sites for hydroxylation is 1. The first-order chi connectivity index (χ1) is 9.88. The number of nitrogens with zero attached hydrogens (tertiary/aromatic N) is 3. The highest BCUT2D eigenvalue weighted by atomic mass is 35.5. The van der Waals surface area contributed by atoms with Crippen LogP contribution in [0.3, 0.4) is 0 Å². The molecule has 0 saturated carbocycles. The van der Waals surface area contributed by atoms with Crippen molar-refractivity contribution in [1.29, 1.82) is 0 Å². The predicted octanol–water partition coefficient (Wildman–Crippen LogP) is 2.84. The first-order valence-electron chi connectivity index (χ1n) is 5.80. The van der Waals surface area contributed by atoms with Crippen molar-refractivity contribution >= 4 is 29.3 Å². The summed E-state index contributed by atoms with van der Waals surface area (Å²) in [7, 11) is 0. The number of nitro benzene ring substituents is 1. The third-order valence-electron chi connectivity index (χ3n) is 2.70. The van der Waals surface area contributed by atoms with Crippen LogP contribution in [0, 0.1) is 17.0 Å². The molecule has 0 bridgehead atoms. The Balaban J connectivity index is 2.52. The maximum absolute atomic E-state index is 11.2. The zero-order valence-electron chi connectivity index (χ0n) is 10.9. The van der Waals surface area contributed by atoms with Gasteiger partial charge in [0.1, 0.15) is 5.69 Å². The van der Waals surface area contributed by atoms with Crippen molar-refractivity contribution < 1.29 is 14.8 Å². The molecule has 0 saturated heterocycles. The minimum absolute atomic E-state index is 0.193. The lowest BCUT2D eigenvalue weighted by molar-refractivity contribution is -0.384. The molecule has 0 unspecified atom stereocenters. The van der Waals surface area contributed by atoms with Crippen molar-refractivity contribution in [3.63, 3.8) is 0 Å². The monoisotopic (exact) mass is 307 g/mol. The number of carbonyl (C=O) groups is 1. The van der Waals surface area contributed by atoms with Gasteiger partial charge in [0.15, 0.2) is 0 Å². The summed E-state index contributed by atoms with van der Waals surface area (Å²) in [5.41, 5.74) is 1.02. The van der Waals surface area contributed by atoms with Gasteiger partial charge in [-0.15, -0.1) is 0 Å². The topological polar surface area (TPSA) is 98.3 Å². The van der Waals surface area contributed by atoms with Crippen molar-refractivity contribution in [2.45, 2.75) is 6.92 Å². The van der Waals surface area contributed by atoms with E-state index in [1.165, 1.54) is 29.1 Å². The van der Waals surface area contributed by atoms with Gasteiger partial charge < -0.3 is 5.11 Å². The molecule has 0 aliphatic carbocycles. The highest BCUT2D eigenvalue weighted by molar-refractivity contribution is 6.31. The Morgan fingerprint density at radius 1 is 1.52 bits per heavy atom. The van der Waals surface area contributed by atoms with Crippen LogP contribution in [0.1, 0.15) is 11.3 Å². The Morgan fingerprint density at radius 3 is 2.76 bits per heavy atom. The normalized spacial score (nSPS) is 11.0. The van der Waals surface area contributed by atoms with Gasteiger partial charge in [-0.1, -0.05) is 17.7 Å². The lowest BCUT2D eigenvalue weighted by Gasteiger charge is -2.04. The lowest BCUT2D eigenvalue weighted by Crippen LogP contribution is -2.01. The average Bonchev–Trinajstić information content (AvgIpc) is 2.76. The fourth-order valence-electron chi connectivity index (χ4n) is 1.71. The van der Waals surface area contributed by atoms with Gasteiger partial charge in [0, 0.05) is 18.3 Å². The molecule has 1 N–H and O–H groups in total. The van der Waals surface area contributed by atoms with E-state index >= 15 is 0 Å². The van der Waals surface area contributed by atoms with Crippen molar-refractivity contribution in [2.75, 3.05) is 0 Å². The van der Waals surface area contributed by atoms with Gasteiger partial charge in [-0.2, -0.15) is 5.10 Å². The molecule has 8 heteroatoms. The fourth-order valence-corrected chi connectivity index (χ4v) is 1.84. The van der Waals surface area contributed by atoms with Crippen LogP contribution in [-0.4, -0.2) is 25.8 Å². The Kier molecular flexibility index (Phi) is 4.04. The molecule has 0 aliphatic heterocycles. The maximum atomic E-state index is 11.2. The smallest absolute Gasteiger partial charge is 0.328 e.